The molecule has 2 aliphatic heterocycles. The Bertz CT molecular complexity index is 1350. The van der Waals surface area contributed by atoms with E-state index in [4.69, 9.17) is 4.74 Å². The van der Waals surface area contributed by atoms with Crippen LogP contribution in [0.15, 0.2) is 65.6 Å². The molecule has 5 rings (SSSR count). The highest BCUT2D eigenvalue weighted by Gasteiger charge is 2.25. The van der Waals surface area contributed by atoms with Gasteiger partial charge in [-0.2, -0.15) is 0 Å². The number of aryl methyl sites for hydroxylation is 2. The molecule has 3 aromatic rings. The minimum Gasteiger partial charge on any atom is -0.489 e. The van der Waals surface area contributed by atoms with Crippen molar-refractivity contribution in [3.63, 3.8) is 0 Å². The Hall–Kier alpha value is -2.56. The predicted molar refractivity (Wildman–Crippen MR) is 174 cm³/mol. The van der Waals surface area contributed by atoms with Crippen molar-refractivity contribution in [3.8, 4) is 5.75 Å². The van der Waals surface area contributed by atoms with Crippen molar-refractivity contribution in [2.75, 3.05) is 32.1 Å². The number of hydrogen-bond acceptors (Lipinski definition) is 3. The second-order valence-corrected chi connectivity index (χ2v) is 12.9. The molecule has 2 nitrogen and oxygen atoms in total. The van der Waals surface area contributed by atoms with Crippen molar-refractivity contribution in [3.05, 3.63) is 94.0 Å². The fourth-order valence-electron chi connectivity index (χ4n) is 6.48. The van der Waals surface area contributed by atoms with Gasteiger partial charge in [0.25, 0.3) is 0 Å². The summed E-state index contributed by atoms with van der Waals surface area (Å²) in [5.41, 5.74) is 11.0. The van der Waals surface area contributed by atoms with Gasteiger partial charge in [0, 0.05) is 30.3 Å². The summed E-state index contributed by atoms with van der Waals surface area (Å²) in [7, 11) is 0. The maximum absolute atomic E-state index is 12.6. The SMILES string of the molecule is CCCC(C)c1ccc(C2=C(c3ccc(O[C@H]4CCN(CCCF)C4)cc3)c3ccc(C)cc3SCC2)c(CC)c1. The van der Waals surface area contributed by atoms with Gasteiger partial charge in [-0.3, -0.25) is 9.29 Å². The van der Waals surface area contributed by atoms with Crippen LogP contribution in [-0.4, -0.2) is 43.1 Å². The van der Waals surface area contributed by atoms with E-state index in [-0.39, 0.29) is 12.8 Å². The van der Waals surface area contributed by atoms with Gasteiger partial charge in [0.2, 0.25) is 0 Å². The predicted octanol–water partition coefficient (Wildman–Crippen LogP) is 9.73. The van der Waals surface area contributed by atoms with Crippen molar-refractivity contribution in [2.45, 2.75) is 83.1 Å². The van der Waals surface area contributed by atoms with Crippen molar-refractivity contribution < 1.29 is 9.13 Å². The standard InChI is InChI=1S/C37H46FNOS/c1-5-8-27(4)30-12-16-33(28(6-2)24-30)34-18-22-41-36-23-26(3)9-15-35(36)37(34)29-10-13-31(14-11-29)40-32-17-21-39(25-32)20-7-19-38/h9-16,23-24,27,32H,5-8,17-22,25H2,1-4H3/t27?,32-/m0/s1. The van der Waals surface area contributed by atoms with E-state index in [1.165, 1.54) is 62.3 Å². The van der Waals surface area contributed by atoms with E-state index in [1.807, 2.05) is 11.8 Å². The second-order valence-electron chi connectivity index (χ2n) is 11.8. The van der Waals surface area contributed by atoms with Gasteiger partial charge in [-0.05, 0) is 108 Å². The molecule has 3 aromatic carbocycles. The number of halogens is 1. The maximum atomic E-state index is 12.6. The average Bonchev–Trinajstić information content (AvgIpc) is 3.35. The van der Waals surface area contributed by atoms with Gasteiger partial charge in [-0.25, -0.2) is 0 Å². The minimum absolute atomic E-state index is 0.175. The highest BCUT2D eigenvalue weighted by molar-refractivity contribution is 7.99. The molecule has 1 saturated heterocycles. The van der Waals surface area contributed by atoms with Gasteiger partial charge in [-0.1, -0.05) is 69.7 Å². The number of rotatable bonds is 11. The summed E-state index contributed by atoms with van der Waals surface area (Å²) in [4.78, 5) is 3.69. The van der Waals surface area contributed by atoms with Gasteiger partial charge in [-0.15, -0.1) is 11.8 Å². The van der Waals surface area contributed by atoms with Crippen molar-refractivity contribution in [1.82, 2.24) is 4.90 Å². The Morgan fingerprint density at radius 1 is 1.02 bits per heavy atom. The van der Waals surface area contributed by atoms with E-state index in [1.54, 1.807) is 0 Å². The molecule has 41 heavy (non-hydrogen) atoms. The summed E-state index contributed by atoms with van der Waals surface area (Å²) in [6.07, 6.45) is 6.30. The summed E-state index contributed by atoms with van der Waals surface area (Å²) in [6, 6.07) is 23.0. The fraction of sp³-hybridized carbons (Fsp3) is 0.459. The first kappa shape index (κ1) is 29.9. The number of alkyl halides is 1. The minimum atomic E-state index is -0.246. The van der Waals surface area contributed by atoms with Crippen LogP contribution >= 0.6 is 11.8 Å². The third-order valence-electron chi connectivity index (χ3n) is 8.73. The normalized spacial score (nSPS) is 18.3. The topological polar surface area (TPSA) is 12.5 Å². The van der Waals surface area contributed by atoms with Gasteiger partial charge < -0.3 is 4.74 Å². The molecule has 0 amide bonds. The zero-order chi connectivity index (χ0) is 28.8. The van der Waals surface area contributed by atoms with Crippen LogP contribution in [-0.2, 0) is 6.42 Å². The molecule has 0 aliphatic carbocycles. The molecule has 0 bridgehead atoms. The van der Waals surface area contributed by atoms with Crippen LogP contribution < -0.4 is 4.74 Å². The molecular weight excluding hydrogens is 525 g/mol. The maximum Gasteiger partial charge on any atom is 0.119 e. The van der Waals surface area contributed by atoms with Crippen LogP contribution in [0.4, 0.5) is 4.39 Å². The zero-order valence-electron chi connectivity index (χ0n) is 25.3. The molecule has 1 fully saturated rings. The number of ether oxygens (including phenoxy) is 1. The highest BCUT2D eigenvalue weighted by atomic mass is 32.2. The van der Waals surface area contributed by atoms with Gasteiger partial charge >= 0.3 is 0 Å². The molecule has 2 atom stereocenters. The molecule has 0 spiro atoms. The molecule has 0 radical (unpaired) electrons. The van der Waals surface area contributed by atoms with Gasteiger partial charge in [0.15, 0.2) is 0 Å². The molecule has 0 saturated carbocycles. The molecule has 1 unspecified atom stereocenters. The number of nitrogens with zero attached hydrogens (tertiary/aromatic N) is 1. The Kier molecular flexibility index (Phi) is 10.3. The molecule has 0 N–H and O–H groups in total. The first-order chi connectivity index (χ1) is 20.0. The van der Waals surface area contributed by atoms with E-state index >= 15 is 0 Å². The van der Waals surface area contributed by atoms with Crippen LogP contribution in [0.2, 0.25) is 0 Å². The largest absolute Gasteiger partial charge is 0.489 e. The number of fused-ring (bicyclic) bond motifs is 1. The van der Waals surface area contributed by atoms with Gasteiger partial charge in [0.05, 0.1) is 6.67 Å². The second kappa shape index (κ2) is 14.1. The molecule has 4 heteroatoms. The van der Waals surface area contributed by atoms with Gasteiger partial charge in [0.1, 0.15) is 11.9 Å². The fourth-order valence-corrected chi connectivity index (χ4v) is 7.61. The smallest absolute Gasteiger partial charge is 0.119 e. The lowest BCUT2D eigenvalue weighted by atomic mass is 9.84. The third kappa shape index (κ3) is 7.09. The van der Waals surface area contributed by atoms with Crippen LogP contribution in [0.3, 0.4) is 0 Å². The zero-order valence-corrected chi connectivity index (χ0v) is 26.2. The summed E-state index contributed by atoms with van der Waals surface area (Å²) >= 11 is 1.98. The number of allylic oxidation sites excluding steroid dienone is 1. The van der Waals surface area contributed by atoms with E-state index in [2.05, 4.69) is 93.3 Å². The first-order valence-corrected chi connectivity index (χ1v) is 16.6. The number of likely N-dealkylation sites (tertiary alicyclic amines) is 1. The van der Waals surface area contributed by atoms with Crippen LogP contribution in [0.5, 0.6) is 5.75 Å². The van der Waals surface area contributed by atoms with Crippen LogP contribution in [0.1, 0.15) is 92.2 Å². The van der Waals surface area contributed by atoms with E-state index < -0.39 is 0 Å². The lowest BCUT2D eigenvalue weighted by Gasteiger charge is -2.21. The highest BCUT2D eigenvalue weighted by Crippen LogP contribution is 2.44. The number of benzene rings is 3. The monoisotopic (exact) mass is 571 g/mol. The third-order valence-corrected chi connectivity index (χ3v) is 9.78. The number of thioether (sulfide) groups is 1. The summed E-state index contributed by atoms with van der Waals surface area (Å²) in [5, 5.41) is 0. The van der Waals surface area contributed by atoms with E-state index in [9.17, 15) is 4.39 Å². The van der Waals surface area contributed by atoms with Crippen molar-refractivity contribution >= 4 is 22.9 Å². The molecule has 0 aromatic heterocycles. The molecular formula is C37H46FNOS. The first-order valence-electron chi connectivity index (χ1n) is 15.7. The Morgan fingerprint density at radius 2 is 1.83 bits per heavy atom. The average molecular weight is 572 g/mol. The Morgan fingerprint density at radius 3 is 2.59 bits per heavy atom. The van der Waals surface area contributed by atoms with Crippen molar-refractivity contribution in [1.29, 1.82) is 0 Å². The molecule has 2 aliphatic rings. The Balaban J connectivity index is 1.51. The molecule has 2 heterocycles. The lowest BCUT2D eigenvalue weighted by molar-refractivity contribution is 0.198. The van der Waals surface area contributed by atoms with E-state index in [0.29, 0.717) is 12.3 Å². The van der Waals surface area contributed by atoms with Crippen LogP contribution in [0, 0.1) is 6.92 Å². The molecule has 218 valence electrons. The summed E-state index contributed by atoms with van der Waals surface area (Å²) in [5.74, 6) is 2.59. The summed E-state index contributed by atoms with van der Waals surface area (Å²) < 4.78 is 19.0. The summed E-state index contributed by atoms with van der Waals surface area (Å²) in [6.45, 7) is 11.6. The lowest BCUT2D eigenvalue weighted by Crippen LogP contribution is -2.26. The Labute approximate surface area is 251 Å². The quantitative estimate of drug-likeness (QED) is 0.227. The van der Waals surface area contributed by atoms with E-state index in [0.717, 1.165) is 50.4 Å². The van der Waals surface area contributed by atoms with Crippen molar-refractivity contribution in [2.24, 2.45) is 0 Å². The number of hydrogen-bond donors (Lipinski definition) is 0. The van der Waals surface area contributed by atoms with Crippen LogP contribution in [0.25, 0.3) is 11.1 Å².